The van der Waals surface area contributed by atoms with Gasteiger partial charge in [-0.2, -0.15) is 0 Å². The van der Waals surface area contributed by atoms with E-state index in [2.05, 4.69) is 5.32 Å². The highest BCUT2D eigenvalue weighted by Crippen LogP contribution is 2.29. The fourth-order valence-electron chi connectivity index (χ4n) is 2.61. The maximum atomic E-state index is 12.6. The van der Waals surface area contributed by atoms with E-state index >= 15 is 0 Å². The number of rotatable bonds is 1. The van der Waals surface area contributed by atoms with Crippen LogP contribution in [0, 0.1) is 0 Å². The van der Waals surface area contributed by atoms with Gasteiger partial charge in [0.2, 0.25) is 0 Å². The Kier molecular flexibility index (Phi) is 6.54. The fraction of sp³-hybridized carbons (Fsp3) is 0.368. The predicted molar refractivity (Wildman–Crippen MR) is 96.0 cm³/mol. The van der Waals surface area contributed by atoms with Crippen LogP contribution < -0.4 is 10.1 Å². The molecule has 0 saturated heterocycles. The van der Waals surface area contributed by atoms with Crippen LogP contribution in [-0.2, 0) is 4.79 Å². The van der Waals surface area contributed by atoms with Crippen LogP contribution in [0.3, 0.4) is 0 Å². The minimum Gasteiger partial charge on any atom is -0.507 e. The van der Waals surface area contributed by atoms with Gasteiger partial charge in [-0.25, -0.2) is 0 Å². The molecule has 1 aromatic carbocycles. The van der Waals surface area contributed by atoms with Crippen molar-refractivity contribution in [1.82, 2.24) is 5.32 Å². The number of carbonyl (C=O) groups is 2. The van der Waals surface area contributed by atoms with E-state index in [1.165, 1.54) is 37.5 Å². The second-order valence-corrected chi connectivity index (χ2v) is 6.18. The Morgan fingerprint density at radius 2 is 1.81 bits per heavy atom. The molecule has 7 nitrogen and oxygen atoms in total. The molecule has 26 heavy (non-hydrogen) atoms. The van der Waals surface area contributed by atoms with E-state index < -0.39 is 23.9 Å². The third-order valence-corrected chi connectivity index (χ3v) is 4.06. The standard InChI is InChI=1S/C19H23NO6/c1-11-5-3-7-14(21)18(24)15(22)8-4-6-12-9-13(26-2)10-16(23)17(12)19(25)20-11/h3-4,6-7,9-11,15,18,22-24H,5,8H2,1-2H3,(H,20,25)/b6-4+,7-3-/t11-,15-,18+/m0/s1. The van der Waals surface area contributed by atoms with Gasteiger partial charge in [-0.1, -0.05) is 18.2 Å². The first-order chi connectivity index (χ1) is 12.3. The summed E-state index contributed by atoms with van der Waals surface area (Å²) in [6, 6.07) is 2.61. The van der Waals surface area contributed by atoms with Crippen LogP contribution >= 0.6 is 0 Å². The first-order valence-corrected chi connectivity index (χ1v) is 8.28. The van der Waals surface area contributed by atoms with Crippen molar-refractivity contribution in [2.45, 2.75) is 38.0 Å². The van der Waals surface area contributed by atoms with Crippen molar-refractivity contribution in [1.29, 1.82) is 0 Å². The molecule has 0 aliphatic carbocycles. The molecule has 7 heteroatoms. The molecule has 1 aliphatic heterocycles. The zero-order valence-electron chi connectivity index (χ0n) is 14.7. The van der Waals surface area contributed by atoms with Crippen LogP contribution in [0.1, 0.15) is 35.7 Å². The largest absolute Gasteiger partial charge is 0.507 e. The lowest BCUT2D eigenvalue weighted by Crippen LogP contribution is -2.34. The molecule has 1 aliphatic rings. The number of phenols is 1. The normalized spacial score (nSPS) is 27.0. The molecule has 2 rings (SSSR count). The van der Waals surface area contributed by atoms with Crippen molar-refractivity contribution >= 4 is 17.8 Å². The summed E-state index contributed by atoms with van der Waals surface area (Å²) in [6.45, 7) is 1.75. The molecule has 1 amide bonds. The van der Waals surface area contributed by atoms with Crippen LogP contribution in [0.25, 0.3) is 6.08 Å². The summed E-state index contributed by atoms with van der Waals surface area (Å²) in [6.07, 6.45) is 3.32. The lowest BCUT2D eigenvalue weighted by Gasteiger charge is -2.17. The smallest absolute Gasteiger partial charge is 0.255 e. The van der Waals surface area contributed by atoms with Gasteiger partial charge in [0.15, 0.2) is 5.78 Å². The van der Waals surface area contributed by atoms with Crippen LogP contribution in [0.2, 0.25) is 0 Å². The van der Waals surface area contributed by atoms with Crippen molar-refractivity contribution < 1.29 is 29.6 Å². The zero-order valence-corrected chi connectivity index (χ0v) is 14.7. The lowest BCUT2D eigenvalue weighted by molar-refractivity contribution is -0.127. The molecule has 0 saturated carbocycles. The molecule has 0 spiro atoms. The molecule has 0 aromatic heterocycles. The number of benzene rings is 1. The molecular formula is C19H23NO6. The number of ether oxygens (including phenoxy) is 1. The summed E-state index contributed by atoms with van der Waals surface area (Å²) in [4.78, 5) is 24.4. The van der Waals surface area contributed by atoms with Gasteiger partial charge < -0.3 is 25.4 Å². The second-order valence-electron chi connectivity index (χ2n) is 6.18. The third-order valence-electron chi connectivity index (χ3n) is 4.06. The Morgan fingerprint density at radius 3 is 2.50 bits per heavy atom. The molecule has 1 aromatic rings. The van der Waals surface area contributed by atoms with E-state index in [1.807, 2.05) is 0 Å². The average Bonchev–Trinajstić information content (AvgIpc) is 2.59. The van der Waals surface area contributed by atoms with Crippen molar-refractivity contribution in [3.05, 3.63) is 41.5 Å². The maximum absolute atomic E-state index is 12.6. The summed E-state index contributed by atoms with van der Waals surface area (Å²) in [5.41, 5.74) is 0.480. The number of hydrogen-bond donors (Lipinski definition) is 4. The summed E-state index contributed by atoms with van der Waals surface area (Å²) in [5.74, 6) is -0.922. The van der Waals surface area contributed by atoms with Crippen LogP contribution in [0.15, 0.2) is 30.4 Å². The number of aliphatic hydroxyl groups is 2. The number of phenolic OH excluding ortho intramolecular Hbond substituents is 1. The number of methoxy groups -OCH3 is 1. The molecular weight excluding hydrogens is 338 g/mol. The van der Waals surface area contributed by atoms with Crippen LogP contribution in [0.5, 0.6) is 11.5 Å². The second kappa shape index (κ2) is 8.64. The van der Waals surface area contributed by atoms with E-state index in [-0.39, 0.29) is 23.8 Å². The van der Waals surface area contributed by atoms with E-state index in [0.29, 0.717) is 17.7 Å². The molecule has 3 atom stereocenters. The average molecular weight is 361 g/mol. The first-order valence-electron chi connectivity index (χ1n) is 8.28. The molecule has 140 valence electrons. The first kappa shape index (κ1) is 19.7. The fourth-order valence-corrected chi connectivity index (χ4v) is 2.61. The Morgan fingerprint density at radius 1 is 1.12 bits per heavy atom. The number of hydrogen-bond acceptors (Lipinski definition) is 6. The minimum absolute atomic E-state index is 0.00379. The van der Waals surface area contributed by atoms with Gasteiger partial charge in [0, 0.05) is 12.1 Å². The molecule has 0 unspecified atom stereocenters. The molecule has 0 fully saturated rings. The van der Waals surface area contributed by atoms with Gasteiger partial charge >= 0.3 is 0 Å². The lowest BCUT2D eigenvalue weighted by atomic mass is 10.0. The predicted octanol–water partition coefficient (Wildman–Crippen LogP) is 1.17. The Labute approximate surface area is 151 Å². The number of nitrogens with one attached hydrogen (secondary N) is 1. The summed E-state index contributed by atoms with van der Waals surface area (Å²) in [7, 11) is 1.44. The van der Waals surface area contributed by atoms with E-state index in [0.717, 1.165) is 0 Å². The zero-order chi connectivity index (χ0) is 19.3. The molecule has 4 N–H and O–H groups in total. The van der Waals surface area contributed by atoms with Crippen molar-refractivity contribution in [2.75, 3.05) is 7.11 Å². The monoisotopic (exact) mass is 361 g/mol. The number of fused-ring (bicyclic) bond motifs is 1. The third kappa shape index (κ3) is 4.71. The number of amides is 1. The summed E-state index contributed by atoms with van der Waals surface area (Å²) < 4.78 is 5.11. The number of carbonyl (C=O) groups excluding carboxylic acids is 2. The van der Waals surface area contributed by atoms with E-state index in [1.54, 1.807) is 13.0 Å². The van der Waals surface area contributed by atoms with Crippen molar-refractivity contribution in [3.63, 3.8) is 0 Å². The quantitative estimate of drug-likeness (QED) is 0.597. The SMILES string of the molecule is COc1cc(O)c2c(c1)/C=C/C[C@H](O)[C@H](O)C(=O)/C=C\C[C@H](C)NC2=O. The summed E-state index contributed by atoms with van der Waals surface area (Å²) in [5, 5.41) is 32.8. The van der Waals surface area contributed by atoms with Gasteiger partial charge in [-0.15, -0.1) is 0 Å². The number of ketones is 1. The van der Waals surface area contributed by atoms with Crippen LogP contribution in [-0.4, -0.2) is 52.4 Å². The van der Waals surface area contributed by atoms with Gasteiger partial charge in [0.1, 0.15) is 17.6 Å². The number of aromatic hydroxyl groups is 1. The highest BCUT2D eigenvalue weighted by atomic mass is 16.5. The van der Waals surface area contributed by atoms with E-state index in [4.69, 9.17) is 4.74 Å². The van der Waals surface area contributed by atoms with Gasteiger partial charge in [-0.3, -0.25) is 9.59 Å². The van der Waals surface area contributed by atoms with Crippen molar-refractivity contribution in [3.8, 4) is 11.5 Å². The molecule has 0 bridgehead atoms. The number of aliphatic hydroxyl groups excluding tert-OH is 2. The van der Waals surface area contributed by atoms with Gasteiger partial charge in [-0.05, 0) is 37.5 Å². The molecule has 0 radical (unpaired) electrons. The van der Waals surface area contributed by atoms with Crippen LogP contribution in [0.4, 0.5) is 0 Å². The summed E-state index contributed by atoms with van der Waals surface area (Å²) >= 11 is 0. The highest BCUT2D eigenvalue weighted by Gasteiger charge is 2.22. The topological polar surface area (TPSA) is 116 Å². The Bertz CT molecular complexity index is 740. The Balaban J connectivity index is 2.45. The maximum Gasteiger partial charge on any atom is 0.255 e. The Hall–Kier alpha value is -2.64. The van der Waals surface area contributed by atoms with Crippen molar-refractivity contribution in [2.24, 2.45) is 0 Å². The minimum atomic E-state index is -1.53. The van der Waals surface area contributed by atoms with E-state index in [9.17, 15) is 24.9 Å². The van der Waals surface area contributed by atoms with Gasteiger partial charge in [0.05, 0.1) is 18.8 Å². The van der Waals surface area contributed by atoms with Gasteiger partial charge in [0.25, 0.3) is 5.91 Å². The highest BCUT2D eigenvalue weighted by molar-refractivity contribution is 6.01. The molecule has 1 heterocycles.